The summed E-state index contributed by atoms with van der Waals surface area (Å²) < 4.78 is 6.14. The van der Waals surface area contributed by atoms with E-state index in [1.165, 1.54) is 0 Å². The van der Waals surface area contributed by atoms with Crippen LogP contribution in [0.15, 0.2) is 22.7 Å². The van der Waals surface area contributed by atoms with E-state index >= 15 is 0 Å². The van der Waals surface area contributed by atoms with Crippen molar-refractivity contribution in [3.05, 3.63) is 33.8 Å². The second kappa shape index (κ2) is 6.53. The normalized spacial score (nSPS) is 16.7. The Morgan fingerprint density at radius 1 is 1.42 bits per heavy atom. The zero-order chi connectivity index (χ0) is 13.8. The van der Waals surface area contributed by atoms with Crippen LogP contribution < -0.4 is 0 Å². The molecule has 1 amide bonds. The third-order valence-electron chi connectivity index (χ3n) is 3.73. The minimum atomic E-state index is 0.148. The van der Waals surface area contributed by atoms with Crippen molar-refractivity contribution >= 4 is 21.8 Å². The molecule has 104 valence electrons. The number of benzene rings is 1. The van der Waals surface area contributed by atoms with E-state index in [2.05, 4.69) is 15.9 Å². The van der Waals surface area contributed by atoms with E-state index in [9.17, 15) is 4.79 Å². The Morgan fingerprint density at radius 2 is 2.11 bits per heavy atom. The molecule has 0 saturated carbocycles. The van der Waals surface area contributed by atoms with Crippen molar-refractivity contribution in [3.63, 3.8) is 0 Å². The number of hydrogen-bond donors (Lipinski definition) is 0. The lowest BCUT2D eigenvalue weighted by Crippen LogP contribution is -2.39. The minimum Gasteiger partial charge on any atom is -0.384 e. The second-order valence-electron chi connectivity index (χ2n) is 5.15. The van der Waals surface area contributed by atoms with Crippen LogP contribution in [0.25, 0.3) is 0 Å². The third-order valence-corrected chi connectivity index (χ3v) is 4.23. The van der Waals surface area contributed by atoms with Gasteiger partial charge in [-0.25, -0.2) is 0 Å². The number of nitrogens with zero attached hydrogens (tertiary/aromatic N) is 1. The quantitative estimate of drug-likeness (QED) is 0.853. The van der Waals surface area contributed by atoms with E-state index in [1.807, 2.05) is 30.0 Å². The van der Waals surface area contributed by atoms with Gasteiger partial charge in [-0.15, -0.1) is 0 Å². The van der Waals surface area contributed by atoms with Gasteiger partial charge in [0.15, 0.2) is 0 Å². The summed E-state index contributed by atoms with van der Waals surface area (Å²) in [6, 6.07) is 5.87. The number of ether oxygens (including phenoxy) is 1. The van der Waals surface area contributed by atoms with Gasteiger partial charge in [0, 0.05) is 36.8 Å². The number of halogens is 1. The van der Waals surface area contributed by atoms with Gasteiger partial charge in [-0.1, -0.05) is 22.0 Å². The Bertz CT molecular complexity index is 453. The summed E-state index contributed by atoms with van der Waals surface area (Å²) in [6.45, 7) is 4.45. The van der Waals surface area contributed by atoms with Crippen molar-refractivity contribution in [1.29, 1.82) is 0 Å². The summed E-state index contributed by atoms with van der Waals surface area (Å²) in [4.78, 5) is 14.5. The summed E-state index contributed by atoms with van der Waals surface area (Å²) in [6.07, 6.45) is 2.07. The molecular weight excluding hydrogens is 306 g/mol. The lowest BCUT2D eigenvalue weighted by Gasteiger charge is -2.32. The summed E-state index contributed by atoms with van der Waals surface area (Å²) in [5, 5.41) is 0. The van der Waals surface area contributed by atoms with Crippen LogP contribution in [0.4, 0.5) is 0 Å². The van der Waals surface area contributed by atoms with Crippen molar-refractivity contribution in [2.45, 2.75) is 19.8 Å². The molecule has 0 aliphatic carbocycles. The molecule has 1 aliphatic rings. The van der Waals surface area contributed by atoms with Crippen LogP contribution in [-0.4, -0.2) is 37.6 Å². The molecule has 1 fully saturated rings. The van der Waals surface area contributed by atoms with Gasteiger partial charge in [0.05, 0.1) is 0 Å². The Morgan fingerprint density at radius 3 is 2.74 bits per heavy atom. The maximum absolute atomic E-state index is 12.5. The predicted octanol–water partition coefficient (Wildman–Crippen LogP) is 3.26. The molecule has 0 N–H and O–H groups in total. The average molecular weight is 326 g/mol. The summed E-state index contributed by atoms with van der Waals surface area (Å²) >= 11 is 3.43. The first-order valence-electron chi connectivity index (χ1n) is 6.66. The first kappa shape index (κ1) is 14.5. The predicted molar refractivity (Wildman–Crippen MR) is 79.4 cm³/mol. The maximum atomic E-state index is 12.5. The second-order valence-corrected chi connectivity index (χ2v) is 6.07. The van der Waals surface area contributed by atoms with E-state index in [-0.39, 0.29) is 5.91 Å². The molecule has 0 spiro atoms. The van der Waals surface area contributed by atoms with Crippen molar-refractivity contribution in [3.8, 4) is 0 Å². The molecule has 3 nitrogen and oxygen atoms in total. The van der Waals surface area contributed by atoms with Gasteiger partial charge in [-0.05, 0) is 43.4 Å². The molecule has 1 aliphatic heterocycles. The third kappa shape index (κ3) is 3.57. The number of carbonyl (C=O) groups excluding carboxylic acids is 1. The number of carbonyl (C=O) groups is 1. The van der Waals surface area contributed by atoms with Gasteiger partial charge < -0.3 is 9.64 Å². The van der Waals surface area contributed by atoms with Gasteiger partial charge in [0.2, 0.25) is 0 Å². The van der Waals surface area contributed by atoms with Crippen LogP contribution in [0.1, 0.15) is 28.8 Å². The Labute approximate surface area is 123 Å². The van der Waals surface area contributed by atoms with Crippen molar-refractivity contribution < 1.29 is 9.53 Å². The van der Waals surface area contributed by atoms with Crippen LogP contribution in [0.5, 0.6) is 0 Å². The Balaban J connectivity index is 2.03. The summed E-state index contributed by atoms with van der Waals surface area (Å²) in [5.74, 6) is 0.743. The highest BCUT2D eigenvalue weighted by Crippen LogP contribution is 2.22. The van der Waals surface area contributed by atoms with Gasteiger partial charge in [-0.2, -0.15) is 0 Å². The molecule has 19 heavy (non-hydrogen) atoms. The molecule has 1 heterocycles. The topological polar surface area (TPSA) is 29.5 Å². The number of aryl methyl sites for hydroxylation is 1. The molecule has 0 aromatic heterocycles. The molecule has 0 unspecified atom stereocenters. The van der Waals surface area contributed by atoms with Crippen LogP contribution >= 0.6 is 15.9 Å². The molecule has 2 rings (SSSR count). The SMILES string of the molecule is COCC1CCN(C(=O)c2cc(Br)ccc2C)CC1. The molecule has 1 aromatic rings. The van der Waals surface area contributed by atoms with Crippen LogP contribution in [0.2, 0.25) is 0 Å². The Kier molecular flexibility index (Phi) is 4.99. The standard InChI is InChI=1S/C15H20BrNO2/c1-11-3-4-13(16)9-14(11)15(18)17-7-5-12(6-8-17)10-19-2/h3-4,9,12H,5-8,10H2,1-2H3. The van der Waals surface area contributed by atoms with Crippen molar-refractivity contribution in [2.75, 3.05) is 26.8 Å². The molecule has 1 saturated heterocycles. The van der Waals surface area contributed by atoms with E-state index in [0.29, 0.717) is 5.92 Å². The maximum Gasteiger partial charge on any atom is 0.254 e. The number of methoxy groups -OCH3 is 1. The van der Waals surface area contributed by atoms with Gasteiger partial charge in [-0.3, -0.25) is 4.79 Å². The highest BCUT2D eigenvalue weighted by Gasteiger charge is 2.24. The van der Waals surface area contributed by atoms with E-state index < -0.39 is 0 Å². The fraction of sp³-hybridized carbons (Fsp3) is 0.533. The van der Waals surface area contributed by atoms with Gasteiger partial charge in [0.25, 0.3) is 5.91 Å². The number of rotatable bonds is 3. The van der Waals surface area contributed by atoms with E-state index in [4.69, 9.17) is 4.74 Å². The summed E-state index contributed by atoms with van der Waals surface area (Å²) in [5.41, 5.74) is 1.84. The number of piperidine rings is 1. The highest BCUT2D eigenvalue weighted by molar-refractivity contribution is 9.10. The minimum absolute atomic E-state index is 0.148. The summed E-state index contributed by atoms with van der Waals surface area (Å²) in [7, 11) is 1.74. The van der Waals surface area contributed by atoms with Gasteiger partial charge in [0.1, 0.15) is 0 Å². The van der Waals surface area contributed by atoms with E-state index in [1.54, 1.807) is 7.11 Å². The highest BCUT2D eigenvalue weighted by atomic mass is 79.9. The fourth-order valence-corrected chi connectivity index (χ4v) is 2.89. The first-order valence-corrected chi connectivity index (χ1v) is 7.45. The van der Waals surface area contributed by atoms with Crippen molar-refractivity contribution in [1.82, 2.24) is 4.90 Å². The zero-order valence-corrected chi connectivity index (χ0v) is 13.1. The smallest absolute Gasteiger partial charge is 0.254 e. The van der Waals surface area contributed by atoms with Gasteiger partial charge >= 0.3 is 0 Å². The molecule has 1 aromatic carbocycles. The number of amides is 1. The average Bonchev–Trinajstić information content (AvgIpc) is 2.42. The number of likely N-dealkylation sites (tertiary alicyclic amines) is 1. The Hall–Kier alpha value is -0.870. The van der Waals surface area contributed by atoms with Crippen LogP contribution in [-0.2, 0) is 4.74 Å². The van der Waals surface area contributed by atoms with Crippen molar-refractivity contribution in [2.24, 2.45) is 5.92 Å². The van der Waals surface area contributed by atoms with Crippen LogP contribution in [0, 0.1) is 12.8 Å². The zero-order valence-electron chi connectivity index (χ0n) is 11.5. The lowest BCUT2D eigenvalue weighted by atomic mass is 9.97. The monoisotopic (exact) mass is 325 g/mol. The molecule has 0 atom stereocenters. The largest absolute Gasteiger partial charge is 0.384 e. The first-order chi connectivity index (χ1) is 9.11. The van der Waals surface area contributed by atoms with Crippen LogP contribution in [0.3, 0.4) is 0 Å². The number of hydrogen-bond acceptors (Lipinski definition) is 2. The molecule has 4 heteroatoms. The molecular formula is C15H20BrNO2. The fourth-order valence-electron chi connectivity index (χ4n) is 2.53. The molecule has 0 bridgehead atoms. The molecule has 0 radical (unpaired) electrons. The van der Waals surface area contributed by atoms with E-state index in [0.717, 1.165) is 48.1 Å². The lowest BCUT2D eigenvalue weighted by molar-refractivity contribution is 0.0613.